The Balaban J connectivity index is 2.92. The molecule has 6 nitrogen and oxygen atoms in total. The normalized spacial score (nSPS) is 30.1. The Hall–Kier alpha value is -1.17. The van der Waals surface area contributed by atoms with Crippen LogP contribution < -0.4 is 0 Å². The summed E-state index contributed by atoms with van der Waals surface area (Å²) >= 11 is 0. The molecular weight excluding hydrogens is 238 g/mol. The van der Waals surface area contributed by atoms with E-state index in [0.29, 0.717) is 6.42 Å². The fourth-order valence-electron chi connectivity index (χ4n) is 2.00. The fraction of sp³-hybridized carbons (Fsp3) is 0.917. The van der Waals surface area contributed by atoms with Crippen LogP contribution in [0.25, 0.3) is 0 Å². The zero-order valence-corrected chi connectivity index (χ0v) is 11.6. The molecule has 0 spiro atoms. The van der Waals surface area contributed by atoms with Crippen LogP contribution in [-0.4, -0.2) is 29.3 Å². The maximum absolute atomic E-state index is 12.0. The quantitative estimate of drug-likeness (QED) is 0.438. The summed E-state index contributed by atoms with van der Waals surface area (Å²) in [7, 11) is 0. The highest BCUT2D eigenvalue weighted by Gasteiger charge is 2.55. The summed E-state index contributed by atoms with van der Waals surface area (Å²) in [5, 5.41) is 10.7. The Bertz CT molecular complexity index is 349. The van der Waals surface area contributed by atoms with Gasteiger partial charge in [0.05, 0.1) is 5.92 Å². The predicted octanol–water partition coefficient (Wildman–Crippen LogP) is 1.99. The second-order valence-corrected chi connectivity index (χ2v) is 5.95. The zero-order chi connectivity index (χ0) is 14.1. The minimum atomic E-state index is -1.22. The van der Waals surface area contributed by atoms with Crippen LogP contribution in [0.4, 0.5) is 0 Å². The van der Waals surface area contributed by atoms with Gasteiger partial charge >= 0.3 is 5.97 Å². The lowest BCUT2D eigenvalue weighted by molar-refractivity contribution is -0.492. The van der Waals surface area contributed by atoms with Crippen LogP contribution in [0.15, 0.2) is 0 Å². The van der Waals surface area contributed by atoms with Gasteiger partial charge in [0.25, 0.3) is 0 Å². The molecule has 1 fully saturated rings. The molecule has 0 aromatic rings. The van der Waals surface area contributed by atoms with Gasteiger partial charge in [-0.05, 0) is 13.3 Å². The first-order chi connectivity index (χ1) is 8.11. The van der Waals surface area contributed by atoms with Crippen molar-refractivity contribution in [2.24, 2.45) is 11.3 Å². The molecule has 0 saturated carbocycles. The third-order valence-electron chi connectivity index (χ3n) is 3.32. The van der Waals surface area contributed by atoms with Crippen molar-refractivity contribution < 1.29 is 19.2 Å². The summed E-state index contributed by atoms with van der Waals surface area (Å²) in [4.78, 5) is 22.2. The lowest BCUT2D eigenvalue weighted by Crippen LogP contribution is -2.44. The third kappa shape index (κ3) is 2.80. The van der Waals surface area contributed by atoms with E-state index in [1.165, 1.54) is 0 Å². The van der Waals surface area contributed by atoms with E-state index in [4.69, 9.17) is 9.47 Å². The molecule has 1 saturated heterocycles. The van der Waals surface area contributed by atoms with Crippen molar-refractivity contribution in [1.82, 2.24) is 0 Å². The molecule has 0 N–H and O–H groups in total. The number of hydrogen-bond donors (Lipinski definition) is 0. The van der Waals surface area contributed by atoms with E-state index < -0.39 is 28.7 Å². The van der Waals surface area contributed by atoms with Gasteiger partial charge in [0.2, 0.25) is 12.8 Å². The van der Waals surface area contributed by atoms with Gasteiger partial charge in [0.1, 0.15) is 0 Å². The average molecular weight is 259 g/mol. The van der Waals surface area contributed by atoms with Crippen molar-refractivity contribution in [3.05, 3.63) is 10.1 Å². The van der Waals surface area contributed by atoms with E-state index in [0.717, 1.165) is 0 Å². The number of carbonyl (C=O) groups excluding carboxylic acids is 1. The minimum absolute atomic E-state index is 0.293. The second-order valence-electron chi connectivity index (χ2n) is 5.95. The molecule has 104 valence electrons. The molecule has 18 heavy (non-hydrogen) atoms. The molecule has 1 heterocycles. The SMILES string of the molecule is CCC(C[N+](=O)[O-])C1(C)OC(C(C)(C)C)OC1=O. The standard InChI is InChI=1S/C12H21NO5/c1-6-8(7-13(15)16)12(5)9(14)17-10(18-12)11(2,3)4/h8,10H,6-7H2,1-5H3. The highest BCUT2D eigenvalue weighted by molar-refractivity contribution is 5.81. The Labute approximate surface area is 107 Å². The maximum Gasteiger partial charge on any atom is 0.341 e. The lowest BCUT2D eigenvalue weighted by Gasteiger charge is -2.29. The number of cyclic esters (lactones) is 1. The molecule has 3 unspecified atom stereocenters. The van der Waals surface area contributed by atoms with E-state index in [9.17, 15) is 14.9 Å². The van der Waals surface area contributed by atoms with Crippen molar-refractivity contribution in [3.8, 4) is 0 Å². The van der Waals surface area contributed by atoms with Crippen LogP contribution in [0.5, 0.6) is 0 Å². The number of carbonyl (C=O) groups is 1. The summed E-state index contributed by atoms with van der Waals surface area (Å²) in [6, 6.07) is 0. The number of hydrogen-bond acceptors (Lipinski definition) is 5. The van der Waals surface area contributed by atoms with Crippen molar-refractivity contribution in [2.45, 2.75) is 52.9 Å². The third-order valence-corrected chi connectivity index (χ3v) is 3.32. The van der Waals surface area contributed by atoms with Crippen molar-refractivity contribution in [2.75, 3.05) is 6.54 Å². The van der Waals surface area contributed by atoms with E-state index in [1.54, 1.807) is 13.8 Å². The van der Waals surface area contributed by atoms with Gasteiger partial charge in [-0.1, -0.05) is 27.7 Å². The van der Waals surface area contributed by atoms with E-state index in [2.05, 4.69) is 0 Å². The molecule has 0 aromatic carbocycles. The highest BCUT2D eigenvalue weighted by Crippen LogP contribution is 2.39. The Kier molecular flexibility index (Phi) is 4.00. The fourth-order valence-corrected chi connectivity index (χ4v) is 2.00. The van der Waals surface area contributed by atoms with Gasteiger partial charge < -0.3 is 9.47 Å². The van der Waals surface area contributed by atoms with Crippen LogP contribution in [0.3, 0.4) is 0 Å². The van der Waals surface area contributed by atoms with Crippen molar-refractivity contribution in [3.63, 3.8) is 0 Å². The van der Waals surface area contributed by atoms with Crippen LogP contribution >= 0.6 is 0 Å². The van der Waals surface area contributed by atoms with Gasteiger partial charge in [-0.2, -0.15) is 0 Å². The molecule has 0 radical (unpaired) electrons. The van der Waals surface area contributed by atoms with Crippen molar-refractivity contribution in [1.29, 1.82) is 0 Å². The maximum atomic E-state index is 12.0. The van der Waals surface area contributed by atoms with Crippen LogP contribution in [0, 0.1) is 21.4 Å². The van der Waals surface area contributed by atoms with Gasteiger partial charge in [-0.15, -0.1) is 0 Å². The zero-order valence-electron chi connectivity index (χ0n) is 11.6. The number of nitrogens with zero attached hydrogens (tertiary/aromatic N) is 1. The number of rotatable bonds is 4. The van der Waals surface area contributed by atoms with E-state index in [-0.39, 0.29) is 12.0 Å². The molecule has 1 aliphatic rings. The highest BCUT2D eigenvalue weighted by atomic mass is 16.8. The Morgan fingerprint density at radius 2 is 2.06 bits per heavy atom. The average Bonchev–Trinajstić information content (AvgIpc) is 2.52. The largest absolute Gasteiger partial charge is 0.433 e. The Morgan fingerprint density at radius 1 is 1.50 bits per heavy atom. The molecule has 0 aromatic heterocycles. The van der Waals surface area contributed by atoms with Gasteiger partial charge in [0, 0.05) is 10.3 Å². The van der Waals surface area contributed by atoms with Gasteiger partial charge in [-0.3, -0.25) is 10.1 Å². The number of nitro groups is 1. The number of ether oxygens (including phenoxy) is 2. The summed E-state index contributed by atoms with van der Waals surface area (Å²) in [6.45, 7) is 8.78. The Morgan fingerprint density at radius 3 is 2.39 bits per heavy atom. The van der Waals surface area contributed by atoms with E-state index in [1.807, 2.05) is 20.8 Å². The summed E-state index contributed by atoms with van der Waals surface area (Å²) in [5.74, 6) is -0.983. The van der Waals surface area contributed by atoms with Crippen LogP contribution in [-0.2, 0) is 14.3 Å². The van der Waals surface area contributed by atoms with Crippen LogP contribution in [0.2, 0.25) is 0 Å². The summed E-state index contributed by atoms with van der Waals surface area (Å²) < 4.78 is 10.9. The molecule has 0 aliphatic carbocycles. The van der Waals surface area contributed by atoms with Gasteiger partial charge in [0.15, 0.2) is 5.60 Å². The summed E-state index contributed by atoms with van der Waals surface area (Å²) in [6.07, 6.45) is -0.167. The lowest BCUT2D eigenvalue weighted by atomic mass is 9.87. The molecule has 1 aliphatic heterocycles. The van der Waals surface area contributed by atoms with Crippen LogP contribution in [0.1, 0.15) is 41.0 Å². The molecular formula is C12H21NO5. The molecule has 0 amide bonds. The first kappa shape index (κ1) is 14.9. The van der Waals surface area contributed by atoms with E-state index >= 15 is 0 Å². The minimum Gasteiger partial charge on any atom is -0.433 e. The second kappa shape index (κ2) is 4.84. The van der Waals surface area contributed by atoms with Gasteiger partial charge in [-0.25, -0.2) is 4.79 Å². The first-order valence-electron chi connectivity index (χ1n) is 6.12. The monoisotopic (exact) mass is 259 g/mol. The first-order valence-corrected chi connectivity index (χ1v) is 6.12. The van der Waals surface area contributed by atoms with Crippen molar-refractivity contribution >= 4 is 5.97 Å². The number of esters is 1. The molecule has 1 rings (SSSR count). The topological polar surface area (TPSA) is 78.7 Å². The molecule has 3 atom stereocenters. The molecule has 6 heteroatoms. The smallest absolute Gasteiger partial charge is 0.341 e. The predicted molar refractivity (Wildman–Crippen MR) is 64.5 cm³/mol. The summed E-state index contributed by atoms with van der Waals surface area (Å²) in [5.41, 5.74) is -1.57. The molecule has 0 bridgehead atoms.